The van der Waals surface area contributed by atoms with Gasteiger partial charge in [-0.15, -0.1) is 0 Å². The fraction of sp³-hybridized carbons (Fsp3) is 0.286. The van der Waals surface area contributed by atoms with Gasteiger partial charge in [-0.25, -0.2) is 13.6 Å². The van der Waals surface area contributed by atoms with Crippen LogP contribution in [0.25, 0.3) is 0 Å². The maximum Gasteiger partial charge on any atom is 0.345 e. The van der Waals surface area contributed by atoms with E-state index >= 15 is 0 Å². The highest BCUT2D eigenvalue weighted by Crippen LogP contribution is 2.23. The molecule has 0 unspecified atom stereocenters. The molecule has 0 atom stereocenters. The molecule has 7 heteroatoms. The third kappa shape index (κ3) is 4.35. The Bertz CT molecular complexity index is 585. The van der Waals surface area contributed by atoms with E-state index < -0.39 is 29.0 Å². The quantitative estimate of drug-likeness (QED) is 0.148. The number of carbonyl (C=O) groups is 2. The van der Waals surface area contributed by atoms with E-state index in [1.54, 1.807) is 13.8 Å². The van der Waals surface area contributed by atoms with Crippen LogP contribution in [0, 0.1) is 11.6 Å². The van der Waals surface area contributed by atoms with Gasteiger partial charge in [0, 0.05) is 10.0 Å². The van der Waals surface area contributed by atoms with Gasteiger partial charge in [-0.3, -0.25) is 4.79 Å². The molecule has 1 aromatic carbocycles. The van der Waals surface area contributed by atoms with Crippen molar-refractivity contribution in [2.75, 3.05) is 13.2 Å². The zero-order valence-electron chi connectivity index (χ0n) is 11.4. The molecule has 0 saturated carbocycles. The Morgan fingerprint density at radius 3 is 2.38 bits per heavy atom. The fourth-order valence-electron chi connectivity index (χ4n) is 1.41. The van der Waals surface area contributed by atoms with Crippen molar-refractivity contribution in [2.45, 2.75) is 13.8 Å². The van der Waals surface area contributed by atoms with Gasteiger partial charge in [0.2, 0.25) is 5.78 Å². The van der Waals surface area contributed by atoms with Crippen molar-refractivity contribution in [1.82, 2.24) is 0 Å². The molecule has 0 aliphatic heterocycles. The van der Waals surface area contributed by atoms with Crippen molar-refractivity contribution in [2.24, 2.45) is 0 Å². The first-order valence-electron chi connectivity index (χ1n) is 6.10. The van der Waals surface area contributed by atoms with Crippen LogP contribution in [0.4, 0.5) is 8.78 Å². The monoisotopic (exact) mass is 362 g/mol. The molecule has 1 rings (SSSR count). The summed E-state index contributed by atoms with van der Waals surface area (Å²) < 4.78 is 36.0. The smallest absolute Gasteiger partial charge is 0.345 e. The summed E-state index contributed by atoms with van der Waals surface area (Å²) in [4.78, 5) is 24.0. The molecule has 0 spiro atoms. The van der Waals surface area contributed by atoms with Crippen LogP contribution in [0.5, 0.6) is 0 Å². The topological polar surface area (TPSA) is 52.6 Å². The first-order chi connectivity index (χ1) is 9.92. The normalized spacial score (nSPS) is 11.2. The zero-order chi connectivity index (χ0) is 16.0. The summed E-state index contributed by atoms with van der Waals surface area (Å²) >= 11 is 2.96. The second-order valence-corrected chi connectivity index (χ2v) is 4.64. The number of hydrogen-bond donors (Lipinski definition) is 0. The number of carbonyl (C=O) groups excluding carboxylic acids is 2. The number of ether oxygens (including phenoxy) is 2. The van der Waals surface area contributed by atoms with Crippen LogP contribution in [0.15, 0.2) is 28.4 Å². The van der Waals surface area contributed by atoms with Crippen molar-refractivity contribution in [1.29, 1.82) is 0 Å². The van der Waals surface area contributed by atoms with E-state index in [0.717, 1.165) is 12.3 Å². The molecular formula is C14H13BrF2O4. The van der Waals surface area contributed by atoms with Gasteiger partial charge in [0.15, 0.2) is 11.6 Å². The van der Waals surface area contributed by atoms with E-state index in [4.69, 9.17) is 9.47 Å². The number of hydrogen-bond acceptors (Lipinski definition) is 4. The predicted molar refractivity (Wildman–Crippen MR) is 74.7 cm³/mol. The Hall–Kier alpha value is -1.76. The molecule has 21 heavy (non-hydrogen) atoms. The largest absolute Gasteiger partial charge is 0.500 e. The minimum Gasteiger partial charge on any atom is -0.500 e. The van der Waals surface area contributed by atoms with Gasteiger partial charge in [-0.05, 0) is 41.9 Å². The molecule has 0 N–H and O–H groups in total. The van der Waals surface area contributed by atoms with E-state index in [1.807, 2.05) is 0 Å². The maximum atomic E-state index is 13.3. The second-order valence-electron chi connectivity index (χ2n) is 3.78. The first-order valence-corrected chi connectivity index (χ1v) is 6.89. The van der Waals surface area contributed by atoms with Crippen molar-refractivity contribution in [3.05, 3.63) is 45.6 Å². The molecular weight excluding hydrogens is 350 g/mol. The molecule has 0 aliphatic carbocycles. The Kier molecular flexibility index (Phi) is 6.48. The Morgan fingerprint density at radius 2 is 1.81 bits per heavy atom. The van der Waals surface area contributed by atoms with E-state index in [0.29, 0.717) is 6.07 Å². The average Bonchev–Trinajstić information content (AvgIpc) is 2.43. The van der Waals surface area contributed by atoms with Gasteiger partial charge < -0.3 is 9.47 Å². The number of Topliss-reactive ketones (excluding diaryl/α,β-unsaturated/α-hetero) is 1. The van der Waals surface area contributed by atoms with Crippen LogP contribution in [0.3, 0.4) is 0 Å². The molecule has 114 valence electrons. The zero-order valence-corrected chi connectivity index (χ0v) is 13.0. The Morgan fingerprint density at radius 1 is 1.19 bits per heavy atom. The minimum atomic E-state index is -1.19. The van der Waals surface area contributed by atoms with E-state index in [9.17, 15) is 18.4 Å². The highest BCUT2D eigenvalue weighted by atomic mass is 79.9. The van der Waals surface area contributed by atoms with Gasteiger partial charge in [-0.1, -0.05) is 0 Å². The van der Waals surface area contributed by atoms with Crippen molar-refractivity contribution >= 4 is 27.7 Å². The number of ketones is 1. The second kappa shape index (κ2) is 7.87. The van der Waals surface area contributed by atoms with Crippen LogP contribution in [-0.2, 0) is 14.3 Å². The lowest BCUT2D eigenvalue weighted by Gasteiger charge is -2.08. The van der Waals surface area contributed by atoms with E-state index in [1.165, 1.54) is 0 Å². The lowest BCUT2D eigenvalue weighted by molar-refractivity contribution is -0.138. The summed E-state index contributed by atoms with van der Waals surface area (Å²) in [6, 6.07) is 1.52. The highest BCUT2D eigenvalue weighted by molar-refractivity contribution is 9.10. The first kappa shape index (κ1) is 17.3. The van der Waals surface area contributed by atoms with E-state index in [-0.39, 0.29) is 23.2 Å². The molecule has 1 aromatic rings. The molecule has 0 bridgehead atoms. The van der Waals surface area contributed by atoms with Gasteiger partial charge in [0.05, 0.1) is 13.2 Å². The summed E-state index contributed by atoms with van der Waals surface area (Å²) in [6.07, 6.45) is 0.952. The highest BCUT2D eigenvalue weighted by Gasteiger charge is 2.25. The average molecular weight is 363 g/mol. The van der Waals surface area contributed by atoms with Gasteiger partial charge in [-0.2, -0.15) is 0 Å². The molecule has 0 aliphatic rings. The standard InChI is InChI=1S/C14H13BrF2O4/c1-3-20-7-9(14(19)21-4-2)13(18)8-5-11(16)12(17)6-10(8)15/h5-7H,3-4H2,1-2H3. The number of esters is 1. The molecule has 0 fully saturated rings. The molecule has 0 amide bonds. The lowest BCUT2D eigenvalue weighted by atomic mass is 10.0. The van der Waals surface area contributed by atoms with Gasteiger partial charge >= 0.3 is 5.97 Å². The number of rotatable bonds is 6. The van der Waals surface area contributed by atoms with Crippen LogP contribution in [0.2, 0.25) is 0 Å². The summed E-state index contributed by atoms with van der Waals surface area (Å²) in [7, 11) is 0. The summed E-state index contributed by atoms with van der Waals surface area (Å²) in [5.74, 6) is -4.02. The van der Waals surface area contributed by atoms with Gasteiger partial charge in [0.1, 0.15) is 11.8 Å². The van der Waals surface area contributed by atoms with E-state index in [2.05, 4.69) is 15.9 Å². The fourth-order valence-corrected chi connectivity index (χ4v) is 1.91. The molecule has 0 heterocycles. The third-order valence-corrected chi connectivity index (χ3v) is 3.02. The van der Waals surface area contributed by atoms with Crippen LogP contribution in [-0.4, -0.2) is 25.0 Å². The van der Waals surface area contributed by atoms with Crippen LogP contribution >= 0.6 is 15.9 Å². The maximum absolute atomic E-state index is 13.3. The Labute approximate surface area is 128 Å². The Balaban J connectivity index is 3.23. The molecule has 4 nitrogen and oxygen atoms in total. The van der Waals surface area contributed by atoms with Crippen molar-refractivity contribution < 1.29 is 27.8 Å². The minimum absolute atomic E-state index is 0.0260. The summed E-state index contributed by atoms with van der Waals surface area (Å²) in [6.45, 7) is 3.54. The number of halogens is 3. The molecule has 0 saturated heterocycles. The van der Waals surface area contributed by atoms with Crippen molar-refractivity contribution in [3.8, 4) is 0 Å². The SMILES string of the molecule is CCOC=C(C(=O)OCC)C(=O)c1cc(F)c(F)cc1Br. The van der Waals surface area contributed by atoms with Crippen LogP contribution < -0.4 is 0 Å². The predicted octanol–water partition coefficient (Wildman–Crippen LogP) is 3.39. The van der Waals surface area contributed by atoms with Crippen LogP contribution in [0.1, 0.15) is 24.2 Å². The summed E-state index contributed by atoms with van der Waals surface area (Å²) in [5.41, 5.74) is -0.599. The molecule has 0 aromatic heterocycles. The van der Waals surface area contributed by atoms with Crippen molar-refractivity contribution in [3.63, 3.8) is 0 Å². The molecule has 0 radical (unpaired) electrons. The lowest BCUT2D eigenvalue weighted by Crippen LogP contribution is -2.17. The third-order valence-electron chi connectivity index (χ3n) is 2.36. The number of benzene rings is 1. The summed E-state index contributed by atoms with van der Waals surface area (Å²) in [5, 5.41) is 0. The van der Waals surface area contributed by atoms with Gasteiger partial charge in [0.25, 0.3) is 0 Å².